The number of aromatic amines is 1. The first-order chi connectivity index (χ1) is 17.9. The Hall–Kier alpha value is -4.46. The van der Waals surface area contributed by atoms with Gasteiger partial charge in [0.15, 0.2) is 11.6 Å². The second-order valence-electron chi connectivity index (χ2n) is 8.75. The Labute approximate surface area is 215 Å². The molecule has 0 amide bonds. The first kappa shape index (κ1) is 25.6. The smallest absolute Gasteiger partial charge is 0.276 e. The van der Waals surface area contributed by atoms with Crippen LogP contribution in [-0.2, 0) is 22.4 Å². The van der Waals surface area contributed by atoms with Crippen LogP contribution in [0.5, 0.6) is 5.75 Å². The number of nitrogens with one attached hydrogen (secondary N) is 1. The van der Waals surface area contributed by atoms with E-state index < -0.39 is 6.04 Å². The van der Waals surface area contributed by atoms with Gasteiger partial charge in [0.1, 0.15) is 18.1 Å². The Morgan fingerprint density at radius 1 is 1.08 bits per heavy atom. The molecule has 2 aromatic carbocycles. The van der Waals surface area contributed by atoms with Crippen LogP contribution >= 0.6 is 0 Å². The zero-order valence-electron chi connectivity index (χ0n) is 21.2. The van der Waals surface area contributed by atoms with E-state index in [0.717, 1.165) is 22.7 Å². The number of rotatable bonds is 11. The molecule has 2 aromatic heterocycles. The van der Waals surface area contributed by atoms with Crippen LogP contribution in [0, 0.1) is 6.92 Å². The van der Waals surface area contributed by atoms with Gasteiger partial charge >= 0.3 is 0 Å². The van der Waals surface area contributed by atoms with Gasteiger partial charge in [-0.05, 0) is 55.3 Å². The Morgan fingerprint density at radius 2 is 1.78 bits per heavy atom. The largest absolute Gasteiger partial charge is 0.497 e. The van der Waals surface area contributed by atoms with E-state index in [1.54, 1.807) is 30.3 Å². The molecular weight excluding hydrogens is 468 g/mol. The van der Waals surface area contributed by atoms with Crippen molar-refractivity contribution in [3.05, 3.63) is 106 Å². The lowest BCUT2D eigenvalue weighted by Gasteiger charge is -2.28. The Morgan fingerprint density at radius 3 is 2.38 bits per heavy atom. The molecule has 0 saturated carbocycles. The number of aromatic nitrogens is 3. The number of anilines is 1. The molecule has 1 unspecified atom stereocenters. The summed E-state index contributed by atoms with van der Waals surface area (Å²) in [4.78, 5) is 44.2. The molecule has 0 radical (unpaired) electrons. The highest BCUT2D eigenvalue weighted by Gasteiger charge is 2.25. The zero-order valence-corrected chi connectivity index (χ0v) is 21.2. The minimum atomic E-state index is -0.888. The number of aryl methyl sites for hydroxylation is 1. The zero-order chi connectivity index (χ0) is 26.4. The summed E-state index contributed by atoms with van der Waals surface area (Å²) >= 11 is 0. The van der Waals surface area contributed by atoms with E-state index in [0.29, 0.717) is 36.2 Å². The second kappa shape index (κ2) is 11.5. The molecule has 190 valence electrons. The molecule has 8 heteroatoms. The summed E-state index contributed by atoms with van der Waals surface area (Å²) in [6, 6.07) is 19.6. The van der Waals surface area contributed by atoms with Gasteiger partial charge < -0.3 is 14.4 Å². The summed E-state index contributed by atoms with van der Waals surface area (Å²) in [5, 5.41) is 3.10. The third kappa shape index (κ3) is 5.69. The number of hydrogen-bond acceptors (Lipinski definition) is 6. The number of carbonyl (C=O) groups is 2. The lowest BCUT2D eigenvalue weighted by Crippen LogP contribution is -2.43. The second-order valence-corrected chi connectivity index (χ2v) is 8.75. The average Bonchev–Trinajstić information content (AvgIpc) is 3.21. The van der Waals surface area contributed by atoms with Crippen LogP contribution in [0.2, 0.25) is 0 Å². The number of Topliss-reactive ketones (excluding diaryl/α,β-unsaturated/α-hetero) is 1. The van der Waals surface area contributed by atoms with Gasteiger partial charge in [-0.2, -0.15) is 0 Å². The van der Waals surface area contributed by atoms with Crippen LogP contribution in [0.3, 0.4) is 0 Å². The van der Waals surface area contributed by atoms with E-state index in [1.807, 2.05) is 68.4 Å². The number of likely N-dealkylation sites (N-methyl/N-ethyl adjacent to an activating group) is 1. The summed E-state index contributed by atoms with van der Waals surface area (Å²) in [6.07, 6.45) is 2.79. The van der Waals surface area contributed by atoms with Gasteiger partial charge in [-0.25, -0.2) is 9.67 Å². The molecule has 1 N–H and O–H groups in total. The Kier molecular flexibility index (Phi) is 7.98. The minimum absolute atomic E-state index is 0.0569. The van der Waals surface area contributed by atoms with Crippen molar-refractivity contribution in [2.75, 3.05) is 18.6 Å². The normalized spacial score (nSPS) is 11.6. The van der Waals surface area contributed by atoms with E-state index in [1.165, 1.54) is 4.68 Å². The van der Waals surface area contributed by atoms with Gasteiger partial charge in [0.05, 0.1) is 7.11 Å². The van der Waals surface area contributed by atoms with Crippen molar-refractivity contribution >= 4 is 17.8 Å². The molecule has 4 aromatic rings. The summed E-state index contributed by atoms with van der Waals surface area (Å²) in [6.45, 7) is 4.28. The van der Waals surface area contributed by atoms with E-state index >= 15 is 0 Å². The first-order valence-corrected chi connectivity index (χ1v) is 12.1. The molecule has 0 fully saturated rings. The SMILES string of the molecule is CCN(c1ccccc1)C(C=O)C(=O)Cc1ccc(-n2[nH]c(C)c(Cc3ccc(OC)cc3)c2=O)nc1. The van der Waals surface area contributed by atoms with Crippen LogP contribution in [-0.4, -0.2) is 46.5 Å². The van der Waals surface area contributed by atoms with Crippen molar-refractivity contribution in [2.45, 2.75) is 32.7 Å². The number of aldehydes is 1. The number of methoxy groups -OCH3 is 1. The van der Waals surface area contributed by atoms with Gasteiger partial charge in [0.25, 0.3) is 5.56 Å². The van der Waals surface area contributed by atoms with Crippen molar-refractivity contribution in [2.24, 2.45) is 0 Å². The lowest BCUT2D eigenvalue weighted by atomic mass is 10.0. The highest BCUT2D eigenvalue weighted by atomic mass is 16.5. The molecule has 4 rings (SSSR count). The summed E-state index contributed by atoms with van der Waals surface area (Å²) in [5.74, 6) is 0.971. The number of ether oxygens (including phenoxy) is 1. The number of para-hydroxylation sites is 1. The average molecular weight is 499 g/mol. The van der Waals surface area contributed by atoms with Crippen LogP contribution in [0.15, 0.2) is 77.7 Å². The maximum absolute atomic E-state index is 13.1. The molecule has 0 spiro atoms. The van der Waals surface area contributed by atoms with Crippen molar-refractivity contribution in [1.82, 2.24) is 14.8 Å². The van der Waals surface area contributed by atoms with Crippen LogP contribution in [0.1, 0.15) is 29.3 Å². The maximum atomic E-state index is 13.1. The molecular formula is C29H30N4O4. The van der Waals surface area contributed by atoms with Gasteiger partial charge in [0.2, 0.25) is 0 Å². The third-order valence-corrected chi connectivity index (χ3v) is 6.37. The highest BCUT2D eigenvalue weighted by molar-refractivity contribution is 6.01. The first-order valence-electron chi connectivity index (χ1n) is 12.1. The fourth-order valence-corrected chi connectivity index (χ4v) is 4.34. The van der Waals surface area contributed by atoms with Crippen molar-refractivity contribution in [3.63, 3.8) is 0 Å². The van der Waals surface area contributed by atoms with E-state index in [2.05, 4.69) is 10.1 Å². The van der Waals surface area contributed by atoms with Crippen molar-refractivity contribution in [3.8, 4) is 11.6 Å². The number of benzene rings is 2. The fraction of sp³-hybridized carbons (Fsp3) is 0.241. The van der Waals surface area contributed by atoms with Gasteiger partial charge in [0, 0.05) is 42.5 Å². The quantitative estimate of drug-likeness (QED) is 0.250. The molecule has 0 saturated heterocycles. The number of H-pyrrole nitrogens is 1. The van der Waals surface area contributed by atoms with E-state index in [4.69, 9.17) is 4.74 Å². The topological polar surface area (TPSA) is 97.3 Å². The summed E-state index contributed by atoms with van der Waals surface area (Å²) < 4.78 is 6.60. The van der Waals surface area contributed by atoms with Gasteiger partial charge in [-0.3, -0.25) is 14.7 Å². The van der Waals surface area contributed by atoms with Gasteiger partial charge in [-0.15, -0.1) is 0 Å². The van der Waals surface area contributed by atoms with Crippen LogP contribution < -0.4 is 15.2 Å². The van der Waals surface area contributed by atoms with E-state index in [-0.39, 0.29) is 17.8 Å². The molecule has 0 aliphatic rings. The molecule has 37 heavy (non-hydrogen) atoms. The molecule has 1 atom stereocenters. The number of hydrogen-bond donors (Lipinski definition) is 1. The van der Waals surface area contributed by atoms with Crippen LogP contribution in [0.4, 0.5) is 5.69 Å². The molecule has 0 aliphatic heterocycles. The summed E-state index contributed by atoms with van der Waals surface area (Å²) in [7, 11) is 1.61. The summed E-state index contributed by atoms with van der Waals surface area (Å²) in [5.41, 5.74) is 3.72. The number of pyridine rings is 1. The third-order valence-electron chi connectivity index (χ3n) is 6.37. The van der Waals surface area contributed by atoms with E-state index in [9.17, 15) is 14.4 Å². The fourth-order valence-electron chi connectivity index (χ4n) is 4.34. The number of carbonyl (C=O) groups excluding carboxylic acids is 2. The maximum Gasteiger partial charge on any atom is 0.276 e. The van der Waals surface area contributed by atoms with Crippen molar-refractivity contribution < 1.29 is 14.3 Å². The number of nitrogens with zero attached hydrogens (tertiary/aromatic N) is 3. The lowest BCUT2D eigenvalue weighted by molar-refractivity contribution is -0.123. The standard InChI is InChI=1S/C29H30N4O4/c1-4-32(23-8-6-5-7-9-23)26(19-34)27(35)17-22-12-15-28(30-18-22)33-29(36)25(20(2)31-33)16-21-10-13-24(37-3)14-11-21/h5-15,18-19,26,31H,4,16-17H2,1-3H3. The predicted molar refractivity (Wildman–Crippen MR) is 143 cm³/mol. The predicted octanol–water partition coefficient (Wildman–Crippen LogP) is 3.67. The van der Waals surface area contributed by atoms with Crippen LogP contribution in [0.25, 0.3) is 5.82 Å². The number of ketones is 1. The molecule has 2 heterocycles. The Bertz CT molecular complexity index is 1410. The minimum Gasteiger partial charge on any atom is -0.497 e. The molecule has 0 bridgehead atoms. The van der Waals surface area contributed by atoms with Gasteiger partial charge in [-0.1, -0.05) is 36.4 Å². The van der Waals surface area contributed by atoms with Crippen molar-refractivity contribution in [1.29, 1.82) is 0 Å². The Balaban J connectivity index is 1.49. The molecule has 8 nitrogen and oxygen atoms in total. The molecule has 0 aliphatic carbocycles. The monoisotopic (exact) mass is 498 g/mol. The highest BCUT2D eigenvalue weighted by Crippen LogP contribution is 2.18.